The van der Waals surface area contributed by atoms with Crippen molar-refractivity contribution < 1.29 is 14.5 Å². The van der Waals surface area contributed by atoms with Crippen molar-refractivity contribution in [1.82, 2.24) is 4.90 Å². The second kappa shape index (κ2) is 7.75. The van der Waals surface area contributed by atoms with Crippen LogP contribution in [-0.2, 0) is 0 Å². The van der Waals surface area contributed by atoms with E-state index in [0.717, 1.165) is 5.69 Å². The molecule has 2 aromatic rings. The number of benzene rings is 2. The Morgan fingerprint density at radius 3 is 2.19 bits per heavy atom. The van der Waals surface area contributed by atoms with Gasteiger partial charge >= 0.3 is 0 Å². The maximum absolute atomic E-state index is 12.7. The number of nitrogens with zero attached hydrogens (tertiary/aromatic N) is 3. The second-order valence-corrected chi connectivity index (χ2v) is 6.71. The smallest absolute Gasteiger partial charge is 0.270 e. The summed E-state index contributed by atoms with van der Waals surface area (Å²) in [4.78, 5) is 38.1. The van der Waals surface area contributed by atoms with Gasteiger partial charge in [0.1, 0.15) is 0 Å². The lowest BCUT2D eigenvalue weighted by Gasteiger charge is -2.36. The third-order valence-corrected chi connectivity index (χ3v) is 4.91. The van der Waals surface area contributed by atoms with E-state index in [-0.39, 0.29) is 28.0 Å². The molecule has 0 aromatic heterocycles. The number of hydrogen-bond acceptors (Lipinski definition) is 5. The lowest BCUT2D eigenvalue weighted by Crippen LogP contribution is -2.48. The minimum Gasteiger partial charge on any atom is -0.368 e. The fraction of sp³-hybridized carbons (Fsp3) is 0.263. The summed E-state index contributed by atoms with van der Waals surface area (Å²) in [5, 5.41) is 10.9. The van der Waals surface area contributed by atoms with Crippen LogP contribution in [0.5, 0.6) is 0 Å². The molecular weight excluding hydrogens is 370 g/mol. The molecular formula is C19H18ClN3O4. The van der Waals surface area contributed by atoms with Crippen LogP contribution in [0.3, 0.4) is 0 Å². The van der Waals surface area contributed by atoms with E-state index >= 15 is 0 Å². The zero-order valence-electron chi connectivity index (χ0n) is 14.7. The standard InChI is InChI=1S/C19H18ClN3O4/c1-13(24)14-2-4-15(5-3-14)21-8-10-22(11-9-21)19(25)17-7-6-16(23(26)27)12-18(17)20/h2-7,12H,8-11H2,1H3. The Balaban J connectivity index is 1.65. The molecule has 1 aliphatic rings. The Labute approximate surface area is 161 Å². The number of nitro benzene ring substituents is 1. The third kappa shape index (κ3) is 4.09. The van der Waals surface area contributed by atoms with Gasteiger partial charge < -0.3 is 9.80 Å². The van der Waals surface area contributed by atoms with Crippen LogP contribution < -0.4 is 4.90 Å². The lowest BCUT2D eigenvalue weighted by atomic mass is 10.1. The Morgan fingerprint density at radius 2 is 1.67 bits per heavy atom. The van der Waals surface area contributed by atoms with Gasteiger partial charge in [-0.15, -0.1) is 0 Å². The first-order chi connectivity index (χ1) is 12.9. The minimum atomic E-state index is -0.545. The summed E-state index contributed by atoms with van der Waals surface area (Å²) < 4.78 is 0. The number of non-ortho nitro benzene ring substituents is 1. The van der Waals surface area contributed by atoms with Gasteiger partial charge in [-0.2, -0.15) is 0 Å². The molecule has 27 heavy (non-hydrogen) atoms. The van der Waals surface area contributed by atoms with Gasteiger partial charge in [-0.1, -0.05) is 11.6 Å². The maximum atomic E-state index is 12.7. The van der Waals surface area contributed by atoms with E-state index in [2.05, 4.69) is 4.90 Å². The quantitative estimate of drug-likeness (QED) is 0.456. The molecule has 0 bridgehead atoms. The average molecular weight is 388 g/mol. The van der Waals surface area contributed by atoms with Crippen LogP contribution in [0.4, 0.5) is 11.4 Å². The van der Waals surface area contributed by atoms with Crippen LogP contribution in [0, 0.1) is 10.1 Å². The number of piperazine rings is 1. The van der Waals surface area contributed by atoms with Crippen LogP contribution in [-0.4, -0.2) is 47.7 Å². The summed E-state index contributed by atoms with van der Waals surface area (Å²) in [6.45, 7) is 3.86. The summed E-state index contributed by atoms with van der Waals surface area (Å²) >= 11 is 6.06. The number of nitro groups is 1. The second-order valence-electron chi connectivity index (χ2n) is 6.30. The Hall–Kier alpha value is -2.93. The predicted octanol–water partition coefficient (Wildman–Crippen LogP) is 3.41. The molecule has 0 saturated carbocycles. The lowest BCUT2D eigenvalue weighted by molar-refractivity contribution is -0.384. The zero-order valence-corrected chi connectivity index (χ0v) is 15.5. The molecule has 2 aromatic carbocycles. The van der Waals surface area contributed by atoms with E-state index in [1.165, 1.54) is 25.1 Å². The van der Waals surface area contributed by atoms with Crippen LogP contribution >= 0.6 is 11.6 Å². The number of anilines is 1. The topological polar surface area (TPSA) is 83.8 Å². The van der Waals surface area contributed by atoms with Crippen molar-refractivity contribution in [1.29, 1.82) is 0 Å². The van der Waals surface area contributed by atoms with Crippen molar-refractivity contribution in [3.8, 4) is 0 Å². The molecule has 0 unspecified atom stereocenters. The van der Waals surface area contributed by atoms with Gasteiger partial charge in [0.15, 0.2) is 5.78 Å². The molecule has 1 aliphatic heterocycles. The zero-order chi connectivity index (χ0) is 19.6. The van der Waals surface area contributed by atoms with Crippen molar-refractivity contribution in [3.05, 3.63) is 68.7 Å². The summed E-state index contributed by atoms with van der Waals surface area (Å²) in [7, 11) is 0. The molecule has 0 atom stereocenters. The number of hydrogen-bond donors (Lipinski definition) is 0. The van der Waals surface area contributed by atoms with E-state index in [4.69, 9.17) is 11.6 Å². The maximum Gasteiger partial charge on any atom is 0.270 e. The van der Waals surface area contributed by atoms with Crippen molar-refractivity contribution in [2.24, 2.45) is 0 Å². The van der Waals surface area contributed by atoms with Crippen LogP contribution in [0.2, 0.25) is 5.02 Å². The molecule has 8 heteroatoms. The van der Waals surface area contributed by atoms with E-state index in [9.17, 15) is 19.7 Å². The van der Waals surface area contributed by atoms with Crippen LogP contribution in [0.15, 0.2) is 42.5 Å². The highest BCUT2D eigenvalue weighted by atomic mass is 35.5. The van der Waals surface area contributed by atoms with E-state index in [0.29, 0.717) is 31.7 Å². The molecule has 0 aliphatic carbocycles. The molecule has 1 fully saturated rings. The SMILES string of the molecule is CC(=O)c1ccc(N2CCN(C(=O)c3ccc([N+](=O)[O-])cc3Cl)CC2)cc1. The molecule has 7 nitrogen and oxygen atoms in total. The molecule has 3 rings (SSSR count). The van der Waals surface area contributed by atoms with Gasteiger partial charge in [0.2, 0.25) is 0 Å². The monoisotopic (exact) mass is 387 g/mol. The molecule has 1 heterocycles. The van der Waals surface area contributed by atoms with E-state index in [1.54, 1.807) is 17.0 Å². The van der Waals surface area contributed by atoms with Gasteiger partial charge in [0, 0.05) is 49.6 Å². The number of carbonyl (C=O) groups is 2. The van der Waals surface area contributed by atoms with Gasteiger partial charge in [-0.25, -0.2) is 0 Å². The van der Waals surface area contributed by atoms with E-state index in [1.807, 2.05) is 12.1 Å². The van der Waals surface area contributed by atoms with Gasteiger partial charge in [-0.3, -0.25) is 19.7 Å². The summed E-state index contributed by atoms with van der Waals surface area (Å²) in [6, 6.07) is 11.3. The number of amides is 1. The third-order valence-electron chi connectivity index (χ3n) is 4.60. The molecule has 1 saturated heterocycles. The normalized spacial score (nSPS) is 14.1. The van der Waals surface area contributed by atoms with Crippen molar-refractivity contribution >= 4 is 34.7 Å². The van der Waals surface area contributed by atoms with Crippen LogP contribution in [0.25, 0.3) is 0 Å². The van der Waals surface area contributed by atoms with Gasteiger partial charge in [-0.05, 0) is 37.3 Å². The number of halogens is 1. The summed E-state index contributed by atoms with van der Waals surface area (Å²) in [5.41, 5.74) is 1.79. The molecule has 140 valence electrons. The Kier molecular flexibility index (Phi) is 5.41. The highest BCUT2D eigenvalue weighted by Gasteiger charge is 2.24. The Bertz CT molecular complexity index is 890. The molecule has 0 spiro atoms. The fourth-order valence-electron chi connectivity index (χ4n) is 3.04. The number of rotatable bonds is 4. The first kappa shape index (κ1) is 18.8. The van der Waals surface area contributed by atoms with Crippen molar-refractivity contribution in [2.75, 3.05) is 31.1 Å². The molecule has 0 radical (unpaired) electrons. The fourth-order valence-corrected chi connectivity index (χ4v) is 3.29. The van der Waals surface area contributed by atoms with Crippen molar-refractivity contribution in [3.63, 3.8) is 0 Å². The average Bonchev–Trinajstić information content (AvgIpc) is 2.67. The van der Waals surface area contributed by atoms with E-state index < -0.39 is 4.92 Å². The first-order valence-electron chi connectivity index (χ1n) is 8.46. The number of carbonyl (C=O) groups excluding carboxylic acids is 2. The summed E-state index contributed by atoms with van der Waals surface area (Å²) in [6.07, 6.45) is 0. The molecule has 0 N–H and O–H groups in total. The Morgan fingerprint density at radius 1 is 1.04 bits per heavy atom. The molecule has 1 amide bonds. The highest BCUT2D eigenvalue weighted by Crippen LogP contribution is 2.25. The minimum absolute atomic E-state index is 0.0249. The summed E-state index contributed by atoms with van der Waals surface area (Å²) in [5.74, 6) is -0.210. The largest absolute Gasteiger partial charge is 0.368 e. The first-order valence-corrected chi connectivity index (χ1v) is 8.84. The number of ketones is 1. The highest BCUT2D eigenvalue weighted by molar-refractivity contribution is 6.34. The predicted molar refractivity (Wildman–Crippen MR) is 103 cm³/mol. The van der Waals surface area contributed by atoms with Gasteiger partial charge in [0.25, 0.3) is 11.6 Å². The number of Topliss-reactive ketones (excluding diaryl/α,β-unsaturated/α-hetero) is 1. The van der Waals surface area contributed by atoms with Crippen molar-refractivity contribution in [2.45, 2.75) is 6.92 Å². The van der Waals surface area contributed by atoms with Gasteiger partial charge in [0.05, 0.1) is 15.5 Å². The van der Waals surface area contributed by atoms with Crippen LogP contribution in [0.1, 0.15) is 27.6 Å².